The molecule has 1 N–H and O–H groups in total. The number of carboxylic acid groups (broad SMARTS) is 1. The van der Waals surface area contributed by atoms with Crippen LogP contribution in [0.25, 0.3) is 0 Å². The van der Waals surface area contributed by atoms with Gasteiger partial charge in [0.25, 0.3) is 0 Å². The molecule has 0 rings (SSSR count). The van der Waals surface area contributed by atoms with Crippen molar-refractivity contribution >= 4 is 14.3 Å². The summed E-state index contributed by atoms with van der Waals surface area (Å²) >= 11 is 0. The van der Waals surface area contributed by atoms with Crippen molar-refractivity contribution in [3.63, 3.8) is 0 Å². The molecule has 0 radical (unpaired) electrons. The third-order valence-corrected chi connectivity index (χ3v) is 7.90. The summed E-state index contributed by atoms with van der Waals surface area (Å²) in [4.78, 5) is 10.8. The second kappa shape index (κ2) is 5.14. The number of aliphatic carboxylic acids is 1. The predicted molar refractivity (Wildman–Crippen MR) is 69.2 cm³/mol. The Labute approximate surface area is 99.6 Å². The molecule has 0 unspecified atom stereocenters. The number of carbonyl (C=O) groups is 1. The molecule has 0 saturated heterocycles. The van der Waals surface area contributed by atoms with Crippen LogP contribution in [0.2, 0.25) is 18.1 Å². The zero-order valence-electron chi connectivity index (χ0n) is 11.5. The zero-order chi connectivity index (χ0) is 13.1. The van der Waals surface area contributed by atoms with E-state index in [4.69, 9.17) is 9.53 Å². The van der Waals surface area contributed by atoms with E-state index in [0.29, 0.717) is 12.2 Å². The molecule has 0 aromatic heterocycles. The van der Waals surface area contributed by atoms with Crippen LogP contribution in [0.1, 0.15) is 34.6 Å². The van der Waals surface area contributed by atoms with Crippen molar-refractivity contribution in [2.45, 2.75) is 52.8 Å². The molecule has 0 spiro atoms. The molecule has 94 valence electrons. The van der Waals surface area contributed by atoms with Crippen molar-refractivity contribution in [1.29, 1.82) is 0 Å². The van der Waals surface area contributed by atoms with Gasteiger partial charge in [-0.25, -0.2) is 4.79 Å². The van der Waals surface area contributed by atoms with Gasteiger partial charge >= 0.3 is 5.97 Å². The molecule has 0 bridgehead atoms. The Morgan fingerprint density at radius 3 is 2.00 bits per heavy atom. The summed E-state index contributed by atoms with van der Waals surface area (Å²) < 4.78 is 5.94. The van der Waals surface area contributed by atoms with Crippen molar-refractivity contribution in [3.05, 3.63) is 11.1 Å². The molecule has 3 nitrogen and oxygen atoms in total. The molecular weight excluding hydrogens is 220 g/mol. The average molecular weight is 244 g/mol. The Morgan fingerprint density at radius 1 is 1.25 bits per heavy atom. The highest BCUT2D eigenvalue weighted by Gasteiger charge is 2.37. The summed E-state index contributed by atoms with van der Waals surface area (Å²) in [6.45, 7) is 14.7. The minimum atomic E-state index is -1.78. The molecule has 0 aromatic rings. The molecule has 0 aliphatic rings. The van der Waals surface area contributed by atoms with E-state index in [1.165, 1.54) is 0 Å². The van der Waals surface area contributed by atoms with Crippen molar-refractivity contribution in [2.75, 3.05) is 6.61 Å². The molecule has 0 aliphatic carbocycles. The Balaban J connectivity index is 4.60. The van der Waals surface area contributed by atoms with Crippen LogP contribution in [0, 0.1) is 0 Å². The van der Waals surface area contributed by atoms with Gasteiger partial charge < -0.3 is 9.53 Å². The monoisotopic (exact) mass is 244 g/mol. The Kier molecular flexibility index (Phi) is 4.95. The molecule has 0 saturated carbocycles. The summed E-state index contributed by atoms with van der Waals surface area (Å²) in [5.41, 5.74) is 1.19. The van der Waals surface area contributed by atoms with Crippen LogP contribution in [0.5, 0.6) is 0 Å². The lowest BCUT2D eigenvalue weighted by Gasteiger charge is -2.36. The lowest BCUT2D eigenvalue weighted by molar-refractivity contribution is -0.132. The number of carboxylic acids is 1. The molecule has 0 heterocycles. The first kappa shape index (κ1) is 15.4. The van der Waals surface area contributed by atoms with Gasteiger partial charge in [0.05, 0.1) is 6.61 Å². The van der Waals surface area contributed by atoms with Gasteiger partial charge in [-0.15, -0.1) is 0 Å². The minimum Gasteiger partial charge on any atom is -0.478 e. The van der Waals surface area contributed by atoms with E-state index in [1.807, 2.05) is 6.92 Å². The second-order valence-corrected chi connectivity index (χ2v) is 10.6. The standard InChI is InChI=1S/C12H24O3Si/c1-9(10(2)11(13)14)8-15-16(6,7)12(3,4)5/h8H2,1-7H3,(H,13,14)/b10-9+. The van der Waals surface area contributed by atoms with Crippen LogP contribution in [0.3, 0.4) is 0 Å². The van der Waals surface area contributed by atoms with Gasteiger partial charge in [0.15, 0.2) is 8.32 Å². The normalized spacial score (nSPS) is 14.7. The highest BCUT2D eigenvalue weighted by Crippen LogP contribution is 2.36. The molecule has 0 aliphatic heterocycles. The number of rotatable bonds is 4. The van der Waals surface area contributed by atoms with Gasteiger partial charge in [0.2, 0.25) is 0 Å². The van der Waals surface area contributed by atoms with E-state index in [1.54, 1.807) is 6.92 Å². The highest BCUT2D eigenvalue weighted by atomic mass is 28.4. The Hall–Kier alpha value is -0.613. The molecular formula is C12H24O3Si. The molecule has 16 heavy (non-hydrogen) atoms. The topological polar surface area (TPSA) is 46.5 Å². The first-order valence-corrected chi connectivity index (χ1v) is 8.43. The maximum Gasteiger partial charge on any atom is 0.331 e. The van der Waals surface area contributed by atoms with Gasteiger partial charge in [-0.3, -0.25) is 0 Å². The van der Waals surface area contributed by atoms with E-state index in [-0.39, 0.29) is 5.04 Å². The zero-order valence-corrected chi connectivity index (χ0v) is 12.5. The fraction of sp³-hybridized carbons (Fsp3) is 0.750. The maximum absolute atomic E-state index is 10.8. The summed E-state index contributed by atoms with van der Waals surface area (Å²) in [6.07, 6.45) is 0. The number of hydrogen-bond donors (Lipinski definition) is 1. The summed E-state index contributed by atoms with van der Waals surface area (Å²) in [7, 11) is -1.78. The Morgan fingerprint density at radius 2 is 1.69 bits per heavy atom. The quantitative estimate of drug-likeness (QED) is 0.609. The van der Waals surface area contributed by atoms with Crippen LogP contribution in [0.4, 0.5) is 0 Å². The summed E-state index contributed by atoms with van der Waals surface area (Å²) in [5, 5.41) is 9.00. The molecule has 0 aromatic carbocycles. The molecule has 0 amide bonds. The SMILES string of the molecule is C/C(CO[Si](C)(C)C(C)(C)C)=C(/C)C(=O)O. The number of hydrogen-bond acceptors (Lipinski definition) is 2. The van der Waals surface area contributed by atoms with Crippen molar-refractivity contribution in [3.8, 4) is 0 Å². The van der Waals surface area contributed by atoms with Gasteiger partial charge in [0, 0.05) is 5.57 Å². The summed E-state index contributed by atoms with van der Waals surface area (Å²) in [6, 6.07) is 0. The third kappa shape index (κ3) is 4.10. The van der Waals surface area contributed by atoms with Crippen LogP contribution in [-0.4, -0.2) is 26.0 Å². The fourth-order valence-electron chi connectivity index (χ4n) is 0.796. The van der Waals surface area contributed by atoms with Gasteiger partial charge in [-0.1, -0.05) is 20.8 Å². The van der Waals surface area contributed by atoms with Crippen molar-refractivity contribution < 1.29 is 14.3 Å². The van der Waals surface area contributed by atoms with E-state index < -0.39 is 14.3 Å². The van der Waals surface area contributed by atoms with Gasteiger partial charge in [-0.05, 0) is 37.6 Å². The molecule has 4 heteroatoms. The van der Waals surface area contributed by atoms with E-state index in [9.17, 15) is 4.79 Å². The van der Waals surface area contributed by atoms with Crippen molar-refractivity contribution in [2.24, 2.45) is 0 Å². The predicted octanol–water partition coefficient (Wildman–Crippen LogP) is 3.43. The van der Waals surface area contributed by atoms with E-state index in [2.05, 4.69) is 33.9 Å². The van der Waals surface area contributed by atoms with Gasteiger partial charge in [0.1, 0.15) is 0 Å². The highest BCUT2D eigenvalue weighted by molar-refractivity contribution is 6.74. The lowest BCUT2D eigenvalue weighted by Crippen LogP contribution is -2.41. The van der Waals surface area contributed by atoms with E-state index in [0.717, 1.165) is 5.57 Å². The first-order valence-electron chi connectivity index (χ1n) is 5.52. The molecule has 0 fully saturated rings. The fourth-order valence-corrected chi connectivity index (χ4v) is 1.81. The van der Waals surface area contributed by atoms with Crippen LogP contribution in [0.15, 0.2) is 11.1 Å². The first-order chi connectivity index (χ1) is 6.99. The van der Waals surface area contributed by atoms with Crippen LogP contribution in [-0.2, 0) is 9.22 Å². The van der Waals surface area contributed by atoms with E-state index >= 15 is 0 Å². The largest absolute Gasteiger partial charge is 0.478 e. The van der Waals surface area contributed by atoms with Crippen LogP contribution < -0.4 is 0 Å². The summed E-state index contributed by atoms with van der Waals surface area (Å²) in [5.74, 6) is -0.865. The smallest absolute Gasteiger partial charge is 0.331 e. The van der Waals surface area contributed by atoms with Gasteiger partial charge in [-0.2, -0.15) is 0 Å². The maximum atomic E-state index is 10.8. The third-order valence-electron chi connectivity index (χ3n) is 3.42. The minimum absolute atomic E-state index is 0.157. The van der Waals surface area contributed by atoms with Crippen LogP contribution >= 0.6 is 0 Å². The Bertz CT molecular complexity index is 298. The second-order valence-electron chi connectivity index (χ2n) is 5.76. The average Bonchev–Trinajstić information content (AvgIpc) is 2.11. The lowest BCUT2D eigenvalue weighted by atomic mass is 10.2. The molecule has 0 atom stereocenters. The van der Waals surface area contributed by atoms with Crippen molar-refractivity contribution in [1.82, 2.24) is 0 Å².